The van der Waals surface area contributed by atoms with Crippen molar-refractivity contribution in [2.75, 3.05) is 0 Å². The Hall–Kier alpha value is -2.64. The van der Waals surface area contributed by atoms with E-state index in [9.17, 15) is 0 Å². The quantitative estimate of drug-likeness (QED) is 0.323. The Morgan fingerprint density at radius 2 is 1.14 bits per heavy atom. The first-order valence-electron chi connectivity index (χ1n) is 9.75. The van der Waals surface area contributed by atoms with Crippen LogP contribution < -0.4 is 0 Å². The van der Waals surface area contributed by atoms with E-state index in [1.807, 2.05) is 0 Å². The highest BCUT2D eigenvalue weighted by Gasteiger charge is 2.46. The van der Waals surface area contributed by atoms with E-state index in [1.165, 1.54) is 27.8 Å². The molecule has 0 aromatic heterocycles. The monoisotopic (exact) mass is 424 g/mol. The molecule has 1 heteroatoms. The minimum absolute atomic E-state index is 0.128. The van der Waals surface area contributed by atoms with Gasteiger partial charge >= 0.3 is 0 Å². The van der Waals surface area contributed by atoms with E-state index in [2.05, 4.69) is 125 Å². The van der Waals surface area contributed by atoms with Crippen LogP contribution in [-0.4, -0.2) is 0 Å². The molecule has 136 valence electrons. The van der Waals surface area contributed by atoms with Gasteiger partial charge in [-0.25, -0.2) is 0 Å². The fraction of sp³-hybridized carbons (Fsp3) is 0.111. The molecule has 0 bridgehead atoms. The number of benzene rings is 4. The SMILES string of the molecule is Brc1ccc(C2CC(c3ccccc3)(c3ccccc3)c3ccccc32)cc1. The molecular weight excluding hydrogens is 404 g/mol. The molecule has 0 amide bonds. The summed E-state index contributed by atoms with van der Waals surface area (Å²) >= 11 is 3.58. The number of hydrogen-bond donors (Lipinski definition) is 0. The zero-order chi connectivity index (χ0) is 19.0. The molecule has 0 aliphatic heterocycles. The molecule has 0 spiro atoms. The maximum absolute atomic E-state index is 3.58. The molecule has 1 unspecified atom stereocenters. The normalized spacial score (nSPS) is 17.2. The number of hydrogen-bond acceptors (Lipinski definition) is 0. The molecule has 0 saturated carbocycles. The predicted molar refractivity (Wildman–Crippen MR) is 120 cm³/mol. The van der Waals surface area contributed by atoms with E-state index in [0.717, 1.165) is 10.9 Å². The fourth-order valence-corrected chi connectivity index (χ4v) is 5.13. The molecule has 1 aliphatic rings. The van der Waals surface area contributed by atoms with E-state index >= 15 is 0 Å². The second-order valence-electron chi connectivity index (χ2n) is 7.53. The van der Waals surface area contributed by atoms with E-state index < -0.39 is 0 Å². The van der Waals surface area contributed by atoms with Crippen LogP contribution in [0.3, 0.4) is 0 Å². The minimum Gasteiger partial charge on any atom is -0.0622 e. The highest BCUT2D eigenvalue weighted by molar-refractivity contribution is 9.10. The summed E-state index contributed by atoms with van der Waals surface area (Å²) in [6.45, 7) is 0. The highest BCUT2D eigenvalue weighted by atomic mass is 79.9. The lowest BCUT2D eigenvalue weighted by Gasteiger charge is -2.32. The summed E-state index contributed by atoms with van der Waals surface area (Å²) in [5.41, 5.74) is 6.86. The van der Waals surface area contributed by atoms with Crippen LogP contribution in [0.4, 0.5) is 0 Å². The van der Waals surface area contributed by atoms with Gasteiger partial charge in [0.05, 0.1) is 0 Å². The van der Waals surface area contributed by atoms with Gasteiger partial charge in [-0.05, 0) is 46.4 Å². The topological polar surface area (TPSA) is 0 Å². The van der Waals surface area contributed by atoms with Crippen LogP contribution >= 0.6 is 15.9 Å². The zero-order valence-electron chi connectivity index (χ0n) is 15.6. The summed E-state index contributed by atoms with van der Waals surface area (Å²) in [7, 11) is 0. The third-order valence-corrected chi connectivity index (χ3v) is 6.64. The second-order valence-corrected chi connectivity index (χ2v) is 8.45. The largest absolute Gasteiger partial charge is 0.0622 e. The van der Waals surface area contributed by atoms with Gasteiger partial charge in [0.25, 0.3) is 0 Å². The van der Waals surface area contributed by atoms with Crippen LogP contribution in [-0.2, 0) is 5.41 Å². The van der Waals surface area contributed by atoms with Crippen molar-refractivity contribution in [2.24, 2.45) is 0 Å². The Bertz CT molecular complexity index is 1040. The van der Waals surface area contributed by atoms with Crippen molar-refractivity contribution >= 4 is 15.9 Å². The number of fused-ring (bicyclic) bond motifs is 1. The average molecular weight is 425 g/mol. The van der Waals surface area contributed by atoms with Gasteiger partial charge in [-0.15, -0.1) is 0 Å². The molecule has 0 nitrogen and oxygen atoms in total. The molecule has 0 saturated heterocycles. The summed E-state index contributed by atoms with van der Waals surface area (Å²) in [5, 5.41) is 0. The molecule has 4 aromatic rings. The van der Waals surface area contributed by atoms with Gasteiger partial charge in [-0.1, -0.05) is 113 Å². The van der Waals surface area contributed by atoms with Crippen LogP contribution in [0, 0.1) is 0 Å². The maximum atomic E-state index is 3.58. The van der Waals surface area contributed by atoms with Crippen molar-refractivity contribution in [3.8, 4) is 0 Å². The lowest BCUT2D eigenvalue weighted by atomic mass is 9.69. The molecule has 1 atom stereocenters. The van der Waals surface area contributed by atoms with E-state index in [0.29, 0.717) is 5.92 Å². The van der Waals surface area contributed by atoms with Crippen LogP contribution in [0.1, 0.15) is 40.2 Å². The van der Waals surface area contributed by atoms with Crippen molar-refractivity contribution < 1.29 is 0 Å². The second kappa shape index (κ2) is 7.07. The van der Waals surface area contributed by atoms with Crippen LogP contribution in [0.25, 0.3) is 0 Å². The van der Waals surface area contributed by atoms with Gasteiger partial charge in [0.15, 0.2) is 0 Å². The zero-order valence-corrected chi connectivity index (χ0v) is 17.1. The van der Waals surface area contributed by atoms with Gasteiger partial charge in [0.1, 0.15) is 0 Å². The van der Waals surface area contributed by atoms with E-state index in [4.69, 9.17) is 0 Å². The first-order valence-corrected chi connectivity index (χ1v) is 10.5. The molecule has 5 rings (SSSR count). The average Bonchev–Trinajstić information content (AvgIpc) is 3.12. The van der Waals surface area contributed by atoms with Crippen molar-refractivity contribution in [1.29, 1.82) is 0 Å². The Morgan fingerprint density at radius 1 is 0.607 bits per heavy atom. The van der Waals surface area contributed by atoms with Gasteiger partial charge < -0.3 is 0 Å². The van der Waals surface area contributed by atoms with Crippen molar-refractivity contribution in [2.45, 2.75) is 17.8 Å². The van der Waals surface area contributed by atoms with Crippen LogP contribution in [0.5, 0.6) is 0 Å². The first-order chi connectivity index (χ1) is 13.8. The third kappa shape index (κ3) is 2.73. The Morgan fingerprint density at radius 3 is 1.75 bits per heavy atom. The highest BCUT2D eigenvalue weighted by Crippen LogP contribution is 2.55. The molecule has 0 heterocycles. The van der Waals surface area contributed by atoms with Gasteiger partial charge in [-0.3, -0.25) is 0 Å². The Balaban J connectivity index is 1.77. The van der Waals surface area contributed by atoms with Gasteiger partial charge in [0.2, 0.25) is 0 Å². The molecule has 1 aliphatic carbocycles. The summed E-state index contributed by atoms with van der Waals surface area (Å²) in [4.78, 5) is 0. The molecule has 0 N–H and O–H groups in total. The predicted octanol–water partition coefficient (Wildman–Crippen LogP) is 7.32. The molecule has 0 fully saturated rings. The number of halogens is 1. The van der Waals surface area contributed by atoms with E-state index in [1.54, 1.807) is 0 Å². The molecule has 4 aromatic carbocycles. The minimum atomic E-state index is -0.128. The van der Waals surface area contributed by atoms with Gasteiger partial charge in [-0.2, -0.15) is 0 Å². The Kier molecular flexibility index (Phi) is 4.41. The summed E-state index contributed by atoms with van der Waals surface area (Å²) in [6, 6.07) is 39.8. The maximum Gasteiger partial charge on any atom is 0.0463 e. The molecular formula is C27H21Br. The fourth-order valence-electron chi connectivity index (χ4n) is 4.87. The summed E-state index contributed by atoms with van der Waals surface area (Å²) < 4.78 is 1.12. The standard InChI is InChI=1S/C27H21Br/c28-23-17-15-20(16-18-23)25-19-27(21-9-3-1-4-10-21,22-11-5-2-6-12-22)26-14-8-7-13-24(25)26/h1-18,25H,19H2. The Labute approximate surface area is 175 Å². The van der Waals surface area contributed by atoms with Crippen molar-refractivity contribution in [3.05, 3.63) is 141 Å². The lowest BCUT2D eigenvalue weighted by molar-refractivity contribution is 0.577. The van der Waals surface area contributed by atoms with Crippen LogP contribution in [0.2, 0.25) is 0 Å². The third-order valence-electron chi connectivity index (χ3n) is 6.11. The molecule has 28 heavy (non-hydrogen) atoms. The summed E-state index contributed by atoms with van der Waals surface area (Å²) in [5.74, 6) is 0.379. The van der Waals surface area contributed by atoms with Crippen LogP contribution in [0.15, 0.2) is 114 Å². The first kappa shape index (κ1) is 17.5. The van der Waals surface area contributed by atoms with Gasteiger partial charge in [0, 0.05) is 15.8 Å². The smallest absolute Gasteiger partial charge is 0.0463 e. The van der Waals surface area contributed by atoms with Crippen molar-refractivity contribution in [3.63, 3.8) is 0 Å². The lowest BCUT2D eigenvalue weighted by Crippen LogP contribution is -2.26. The summed E-state index contributed by atoms with van der Waals surface area (Å²) in [6.07, 6.45) is 1.04. The van der Waals surface area contributed by atoms with E-state index in [-0.39, 0.29) is 5.41 Å². The number of rotatable bonds is 3. The van der Waals surface area contributed by atoms with Crippen molar-refractivity contribution in [1.82, 2.24) is 0 Å². The molecule has 0 radical (unpaired) electrons.